The van der Waals surface area contributed by atoms with E-state index in [0.717, 1.165) is 25.8 Å². The van der Waals surface area contributed by atoms with Gasteiger partial charge in [0.2, 0.25) is 0 Å². The first-order chi connectivity index (χ1) is 8.20. The summed E-state index contributed by atoms with van der Waals surface area (Å²) in [7, 11) is 2.13. The standard InChI is InChI=1S/C15H24N2/c1-4-6-9-12-17(3)15-11-8-7-10-13(15)14(16)5-2/h4,7-8,10-11,14H,1,5-6,9,12,16H2,2-3H3/t14-/m0/s1. The zero-order valence-corrected chi connectivity index (χ0v) is 11.0. The minimum Gasteiger partial charge on any atom is -0.374 e. The summed E-state index contributed by atoms with van der Waals surface area (Å²) in [5, 5.41) is 0. The largest absolute Gasteiger partial charge is 0.374 e. The average molecular weight is 232 g/mol. The van der Waals surface area contributed by atoms with Crippen LogP contribution in [-0.2, 0) is 0 Å². The molecule has 2 nitrogen and oxygen atoms in total. The van der Waals surface area contributed by atoms with Gasteiger partial charge in [0.25, 0.3) is 0 Å². The Kier molecular flexibility index (Phi) is 5.78. The number of benzene rings is 1. The number of nitrogens with two attached hydrogens (primary N) is 1. The van der Waals surface area contributed by atoms with Crippen LogP contribution in [0.2, 0.25) is 0 Å². The summed E-state index contributed by atoms with van der Waals surface area (Å²) < 4.78 is 0. The SMILES string of the molecule is C=CCCCN(C)c1ccccc1[C@@H](N)CC. The molecule has 0 aromatic heterocycles. The van der Waals surface area contributed by atoms with E-state index in [9.17, 15) is 0 Å². The summed E-state index contributed by atoms with van der Waals surface area (Å²) in [6.45, 7) is 6.92. The van der Waals surface area contributed by atoms with Crippen molar-refractivity contribution in [2.45, 2.75) is 32.2 Å². The van der Waals surface area contributed by atoms with E-state index in [1.54, 1.807) is 0 Å². The van der Waals surface area contributed by atoms with Gasteiger partial charge in [0, 0.05) is 25.3 Å². The van der Waals surface area contributed by atoms with E-state index in [1.807, 2.05) is 6.08 Å². The second-order valence-electron chi connectivity index (χ2n) is 4.43. The number of rotatable bonds is 7. The van der Waals surface area contributed by atoms with Crippen LogP contribution in [0.4, 0.5) is 5.69 Å². The Morgan fingerprint density at radius 1 is 1.41 bits per heavy atom. The molecular formula is C15H24N2. The Balaban J connectivity index is 2.77. The molecule has 0 bridgehead atoms. The van der Waals surface area contributed by atoms with E-state index in [4.69, 9.17) is 5.73 Å². The molecule has 0 amide bonds. The highest BCUT2D eigenvalue weighted by Gasteiger charge is 2.11. The summed E-state index contributed by atoms with van der Waals surface area (Å²) in [5.74, 6) is 0. The van der Waals surface area contributed by atoms with Gasteiger partial charge in [0.1, 0.15) is 0 Å². The van der Waals surface area contributed by atoms with Crippen molar-refractivity contribution in [3.63, 3.8) is 0 Å². The highest BCUT2D eigenvalue weighted by Crippen LogP contribution is 2.26. The van der Waals surface area contributed by atoms with E-state index in [-0.39, 0.29) is 6.04 Å². The molecule has 2 heteroatoms. The van der Waals surface area contributed by atoms with E-state index in [2.05, 4.69) is 49.7 Å². The van der Waals surface area contributed by atoms with Gasteiger partial charge < -0.3 is 10.6 Å². The highest BCUT2D eigenvalue weighted by molar-refractivity contribution is 5.54. The summed E-state index contributed by atoms with van der Waals surface area (Å²) in [5.41, 5.74) is 8.65. The van der Waals surface area contributed by atoms with Crippen molar-refractivity contribution in [3.8, 4) is 0 Å². The first kappa shape index (κ1) is 13.8. The van der Waals surface area contributed by atoms with E-state index < -0.39 is 0 Å². The van der Waals surface area contributed by atoms with Gasteiger partial charge in [-0.05, 0) is 30.9 Å². The van der Waals surface area contributed by atoms with Crippen LogP contribution in [0, 0.1) is 0 Å². The molecule has 17 heavy (non-hydrogen) atoms. The number of hydrogen-bond acceptors (Lipinski definition) is 2. The van der Waals surface area contributed by atoms with Crippen LogP contribution < -0.4 is 10.6 Å². The molecule has 1 aromatic carbocycles. The molecule has 1 rings (SSSR count). The van der Waals surface area contributed by atoms with Crippen LogP contribution in [0.25, 0.3) is 0 Å². The summed E-state index contributed by atoms with van der Waals surface area (Å²) >= 11 is 0. The second-order valence-corrected chi connectivity index (χ2v) is 4.43. The fourth-order valence-electron chi connectivity index (χ4n) is 1.96. The van der Waals surface area contributed by atoms with Crippen molar-refractivity contribution >= 4 is 5.69 Å². The lowest BCUT2D eigenvalue weighted by molar-refractivity contribution is 0.691. The Morgan fingerprint density at radius 2 is 2.12 bits per heavy atom. The third-order valence-electron chi connectivity index (χ3n) is 3.09. The Hall–Kier alpha value is -1.28. The minimum atomic E-state index is 0.132. The Bertz CT molecular complexity index is 347. The first-order valence-corrected chi connectivity index (χ1v) is 6.37. The third kappa shape index (κ3) is 3.90. The lowest BCUT2D eigenvalue weighted by Gasteiger charge is -2.24. The molecule has 2 N–H and O–H groups in total. The van der Waals surface area contributed by atoms with Gasteiger partial charge >= 0.3 is 0 Å². The van der Waals surface area contributed by atoms with Gasteiger partial charge in [0.15, 0.2) is 0 Å². The topological polar surface area (TPSA) is 29.3 Å². The van der Waals surface area contributed by atoms with Crippen LogP contribution in [0.15, 0.2) is 36.9 Å². The number of anilines is 1. The van der Waals surface area contributed by atoms with Crippen molar-refractivity contribution in [1.82, 2.24) is 0 Å². The predicted molar refractivity (Wildman–Crippen MR) is 76.4 cm³/mol. The molecule has 0 aliphatic carbocycles. The molecule has 0 aliphatic heterocycles. The van der Waals surface area contributed by atoms with E-state index in [1.165, 1.54) is 11.3 Å². The van der Waals surface area contributed by atoms with Crippen LogP contribution in [0.1, 0.15) is 37.8 Å². The molecular weight excluding hydrogens is 208 g/mol. The minimum absolute atomic E-state index is 0.132. The van der Waals surface area contributed by atoms with Gasteiger partial charge in [-0.3, -0.25) is 0 Å². The summed E-state index contributed by atoms with van der Waals surface area (Å²) in [6, 6.07) is 8.55. The van der Waals surface area contributed by atoms with Crippen molar-refractivity contribution in [2.75, 3.05) is 18.5 Å². The van der Waals surface area contributed by atoms with Crippen molar-refractivity contribution in [1.29, 1.82) is 0 Å². The van der Waals surface area contributed by atoms with Gasteiger partial charge in [-0.15, -0.1) is 6.58 Å². The molecule has 0 unspecified atom stereocenters. The predicted octanol–water partition coefficient (Wildman–Crippen LogP) is 3.50. The summed E-state index contributed by atoms with van der Waals surface area (Å²) in [4.78, 5) is 2.29. The zero-order valence-electron chi connectivity index (χ0n) is 11.0. The summed E-state index contributed by atoms with van der Waals surface area (Å²) in [6.07, 6.45) is 5.14. The number of unbranched alkanes of at least 4 members (excludes halogenated alkanes) is 1. The molecule has 0 saturated heterocycles. The zero-order chi connectivity index (χ0) is 12.7. The normalized spacial score (nSPS) is 12.2. The van der Waals surface area contributed by atoms with Gasteiger partial charge in [-0.2, -0.15) is 0 Å². The van der Waals surface area contributed by atoms with Crippen LogP contribution in [0.5, 0.6) is 0 Å². The fraction of sp³-hybridized carbons (Fsp3) is 0.467. The van der Waals surface area contributed by atoms with Crippen LogP contribution >= 0.6 is 0 Å². The lowest BCUT2D eigenvalue weighted by Crippen LogP contribution is -2.22. The van der Waals surface area contributed by atoms with Gasteiger partial charge in [-0.25, -0.2) is 0 Å². The third-order valence-corrected chi connectivity index (χ3v) is 3.09. The Labute approximate surface area is 105 Å². The smallest absolute Gasteiger partial charge is 0.0412 e. The maximum Gasteiger partial charge on any atom is 0.0412 e. The molecule has 0 saturated carbocycles. The van der Waals surface area contributed by atoms with E-state index >= 15 is 0 Å². The van der Waals surface area contributed by atoms with Gasteiger partial charge in [-0.1, -0.05) is 31.2 Å². The molecule has 0 heterocycles. The molecule has 0 radical (unpaired) electrons. The number of allylic oxidation sites excluding steroid dienone is 1. The molecule has 0 spiro atoms. The molecule has 1 aromatic rings. The molecule has 0 fully saturated rings. The molecule has 94 valence electrons. The number of hydrogen-bond donors (Lipinski definition) is 1. The maximum atomic E-state index is 6.14. The average Bonchev–Trinajstić information content (AvgIpc) is 2.38. The van der Waals surface area contributed by atoms with Crippen LogP contribution in [-0.4, -0.2) is 13.6 Å². The monoisotopic (exact) mass is 232 g/mol. The molecule has 1 atom stereocenters. The maximum absolute atomic E-state index is 6.14. The quantitative estimate of drug-likeness (QED) is 0.576. The fourth-order valence-corrected chi connectivity index (χ4v) is 1.96. The van der Waals surface area contributed by atoms with Gasteiger partial charge in [0.05, 0.1) is 0 Å². The first-order valence-electron chi connectivity index (χ1n) is 6.37. The van der Waals surface area contributed by atoms with Crippen molar-refractivity contribution in [3.05, 3.63) is 42.5 Å². The number of para-hydroxylation sites is 1. The van der Waals surface area contributed by atoms with Crippen molar-refractivity contribution < 1.29 is 0 Å². The number of nitrogens with zero attached hydrogens (tertiary/aromatic N) is 1. The highest BCUT2D eigenvalue weighted by atomic mass is 15.1. The molecule has 0 aliphatic rings. The van der Waals surface area contributed by atoms with Crippen molar-refractivity contribution in [2.24, 2.45) is 5.73 Å². The van der Waals surface area contributed by atoms with E-state index in [0.29, 0.717) is 0 Å². The second kappa shape index (κ2) is 7.13. The van der Waals surface area contributed by atoms with Crippen LogP contribution in [0.3, 0.4) is 0 Å². The lowest BCUT2D eigenvalue weighted by atomic mass is 10.0. The Morgan fingerprint density at radius 3 is 2.76 bits per heavy atom.